The van der Waals surface area contributed by atoms with Crippen molar-refractivity contribution in [3.8, 4) is 0 Å². The van der Waals surface area contributed by atoms with E-state index in [4.69, 9.17) is 0 Å². The molecule has 3 rings (SSSR count). The molecular weight excluding hydrogens is 266 g/mol. The van der Waals surface area contributed by atoms with Crippen LogP contribution in [-0.4, -0.2) is 34.0 Å². The molecule has 0 aliphatic carbocycles. The van der Waals surface area contributed by atoms with Gasteiger partial charge >= 0.3 is 0 Å². The van der Waals surface area contributed by atoms with Crippen molar-refractivity contribution < 1.29 is 4.79 Å². The fourth-order valence-corrected chi connectivity index (χ4v) is 3.13. The van der Waals surface area contributed by atoms with Gasteiger partial charge in [-0.15, -0.1) is 0 Å². The van der Waals surface area contributed by atoms with Gasteiger partial charge in [-0.05, 0) is 18.6 Å². The number of carbonyl (C=O) groups excluding carboxylic acids is 1. The summed E-state index contributed by atoms with van der Waals surface area (Å²) in [6, 6.07) is 7.59. The Bertz CT molecular complexity index is 766. The zero-order valence-electron chi connectivity index (χ0n) is 12.5. The van der Waals surface area contributed by atoms with Crippen LogP contribution in [0.3, 0.4) is 0 Å². The molecule has 2 atom stereocenters. The Morgan fingerprint density at radius 3 is 2.67 bits per heavy atom. The van der Waals surface area contributed by atoms with Crippen LogP contribution >= 0.6 is 0 Å². The third-order valence-electron chi connectivity index (χ3n) is 4.50. The van der Waals surface area contributed by atoms with E-state index in [1.165, 1.54) is 0 Å². The van der Waals surface area contributed by atoms with E-state index in [2.05, 4.69) is 4.98 Å². The van der Waals surface area contributed by atoms with Gasteiger partial charge in [-0.1, -0.05) is 19.1 Å². The number of hydrogen-bond acceptors (Lipinski definition) is 3. The highest BCUT2D eigenvalue weighted by molar-refractivity contribution is 5.80. The van der Waals surface area contributed by atoms with Gasteiger partial charge in [0, 0.05) is 32.5 Å². The van der Waals surface area contributed by atoms with Crippen LogP contribution in [0.25, 0.3) is 11.0 Å². The molecule has 0 spiro atoms. The molecule has 1 aliphatic rings. The number of rotatable bonds is 1. The molecule has 0 saturated carbocycles. The summed E-state index contributed by atoms with van der Waals surface area (Å²) in [4.78, 5) is 31.0. The summed E-state index contributed by atoms with van der Waals surface area (Å²) in [7, 11) is 3.57. The minimum atomic E-state index is -0.204. The number of amides is 1. The first kappa shape index (κ1) is 13.8. The van der Waals surface area contributed by atoms with Gasteiger partial charge in [-0.2, -0.15) is 0 Å². The second-order valence-corrected chi connectivity index (χ2v) is 5.79. The molecule has 1 aromatic carbocycles. The number of fused-ring (bicyclic) bond motifs is 1. The number of likely N-dealkylation sites (tertiary alicyclic amines) is 1. The maximum atomic E-state index is 12.6. The maximum Gasteiger partial charge on any atom is 0.272 e. The standard InChI is InChI=1S/C16H19N3O2/c1-10-11(8-9-18(2)15(10)20)14-16(21)19(3)13-7-5-4-6-12(13)17-14/h4-7,10-11H,8-9H2,1-3H3. The largest absolute Gasteiger partial charge is 0.345 e. The van der Waals surface area contributed by atoms with E-state index < -0.39 is 0 Å². The predicted molar refractivity (Wildman–Crippen MR) is 81.1 cm³/mol. The molecule has 2 aromatic rings. The summed E-state index contributed by atoms with van der Waals surface area (Å²) >= 11 is 0. The molecule has 110 valence electrons. The van der Waals surface area contributed by atoms with Crippen LogP contribution in [0.2, 0.25) is 0 Å². The highest BCUT2D eigenvalue weighted by Crippen LogP contribution is 2.31. The van der Waals surface area contributed by atoms with Crippen molar-refractivity contribution >= 4 is 16.9 Å². The fourth-order valence-electron chi connectivity index (χ4n) is 3.13. The van der Waals surface area contributed by atoms with E-state index in [1.807, 2.05) is 31.2 Å². The Morgan fingerprint density at radius 2 is 1.90 bits per heavy atom. The van der Waals surface area contributed by atoms with E-state index >= 15 is 0 Å². The lowest BCUT2D eigenvalue weighted by molar-refractivity contribution is -0.137. The molecule has 1 saturated heterocycles. The van der Waals surface area contributed by atoms with E-state index in [0.717, 1.165) is 17.5 Å². The van der Waals surface area contributed by atoms with Crippen LogP contribution in [0.5, 0.6) is 0 Å². The quantitative estimate of drug-likeness (QED) is 0.798. The first-order valence-corrected chi connectivity index (χ1v) is 7.21. The lowest BCUT2D eigenvalue weighted by Gasteiger charge is -2.33. The summed E-state index contributed by atoms with van der Waals surface area (Å²) in [6.07, 6.45) is 0.782. The molecule has 1 aliphatic heterocycles. The van der Waals surface area contributed by atoms with Gasteiger partial charge in [0.2, 0.25) is 5.91 Å². The highest BCUT2D eigenvalue weighted by atomic mass is 16.2. The summed E-state index contributed by atoms with van der Waals surface area (Å²) in [5.41, 5.74) is 2.04. The Kier molecular flexibility index (Phi) is 3.27. The maximum absolute atomic E-state index is 12.6. The van der Waals surface area contributed by atoms with E-state index in [1.54, 1.807) is 23.6 Å². The van der Waals surface area contributed by atoms with Gasteiger partial charge in [0.1, 0.15) is 5.69 Å². The first-order chi connectivity index (χ1) is 10.0. The summed E-state index contributed by atoms with van der Waals surface area (Å²) in [5.74, 6) is -0.217. The minimum absolute atomic E-state index is 0.0864. The lowest BCUT2D eigenvalue weighted by Crippen LogP contribution is -2.43. The normalized spacial score (nSPS) is 22.8. The number of aromatic nitrogens is 2. The number of benzene rings is 1. The third kappa shape index (κ3) is 2.13. The van der Waals surface area contributed by atoms with Crippen molar-refractivity contribution in [1.29, 1.82) is 0 Å². The van der Waals surface area contributed by atoms with Crippen LogP contribution in [0.4, 0.5) is 0 Å². The van der Waals surface area contributed by atoms with Gasteiger partial charge in [0.25, 0.3) is 5.56 Å². The Balaban J connectivity index is 2.15. The zero-order valence-corrected chi connectivity index (χ0v) is 12.5. The van der Waals surface area contributed by atoms with Gasteiger partial charge in [-0.3, -0.25) is 9.59 Å². The van der Waals surface area contributed by atoms with Crippen molar-refractivity contribution in [2.24, 2.45) is 13.0 Å². The second-order valence-electron chi connectivity index (χ2n) is 5.79. The molecule has 5 nitrogen and oxygen atoms in total. The lowest BCUT2D eigenvalue weighted by atomic mass is 9.84. The van der Waals surface area contributed by atoms with Crippen molar-refractivity contribution in [2.45, 2.75) is 19.3 Å². The molecule has 0 N–H and O–H groups in total. The average molecular weight is 285 g/mol. The van der Waals surface area contributed by atoms with E-state index in [9.17, 15) is 9.59 Å². The number of carbonyl (C=O) groups is 1. The Hall–Kier alpha value is -2.17. The fraction of sp³-hybridized carbons (Fsp3) is 0.438. The van der Waals surface area contributed by atoms with Gasteiger partial charge in [-0.25, -0.2) is 4.98 Å². The van der Waals surface area contributed by atoms with Crippen LogP contribution in [0, 0.1) is 5.92 Å². The highest BCUT2D eigenvalue weighted by Gasteiger charge is 2.35. The number of hydrogen-bond donors (Lipinski definition) is 0. The number of piperidine rings is 1. The number of nitrogens with zero attached hydrogens (tertiary/aromatic N) is 3. The second kappa shape index (κ2) is 4.98. The molecule has 0 bridgehead atoms. The summed E-state index contributed by atoms with van der Waals surface area (Å²) in [5, 5.41) is 0. The third-order valence-corrected chi connectivity index (χ3v) is 4.50. The molecule has 5 heteroatoms. The molecule has 2 unspecified atom stereocenters. The van der Waals surface area contributed by atoms with E-state index in [-0.39, 0.29) is 23.3 Å². The Morgan fingerprint density at radius 1 is 1.19 bits per heavy atom. The van der Waals surface area contributed by atoms with Crippen molar-refractivity contribution in [2.75, 3.05) is 13.6 Å². The van der Waals surface area contributed by atoms with Crippen LogP contribution < -0.4 is 5.56 Å². The molecule has 1 aromatic heterocycles. The average Bonchev–Trinajstić information content (AvgIpc) is 2.49. The first-order valence-electron chi connectivity index (χ1n) is 7.21. The van der Waals surface area contributed by atoms with Crippen molar-refractivity contribution in [3.05, 3.63) is 40.3 Å². The number of aryl methyl sites for hydroxylation is 1. The monoisotopic (exact) mass is 285 g/mol. The minimum Gasteiger partial charge on any atom is -0.345 e. The van der Waals surface area contributed by atoms with Crippen LogP contribution in [0.1, 0.15) is 25.0 Å². The smallest absolute Gasteiger partial charge is 0.272 e. The summed E-state index contributed by atoms with van der Waals surface area (Å²) < 4.78 is 1.63. The predicted octanol–water partition coefficient (Wildman–Crippen LogP) is 1.52. The molecule has 1 fully saturated rings. The van der Waals surface area contributed by atoms with Crippen LogP contribution in [0.15, 0.2) is 29.1 Å². The molecular formula is C16H19N3O2. The van der Waals surface area contributed by atoms with Crippen molar-refractivity contribution in [1.82, 2.24) is 14.5 Å². The van der Waals surface area contributed by atoms with Gasteiger partial charge in [0.05, 0.1) is 11.0 Å². The van der Waals surface area contributed by atoms with Crippen molar-refractivity contribution in [3.63, 3.8) is 0 Å². The topological polar surface area (TPSA) is 55.2 Å². The molecule has 1 amide bonds. The van der Waals surface area contributed by atoms with E-state index in [0.29, 0.717) is 12.2 Å². The zero-order chi connectivity index (χ0) is 15.1. The molecule has 2 heterocycles. The van der Waals surface area contributed by atoms with Crippen LogP contribution in [-0.2, 0) is 11.8 Å². The van der Waals surface area contributed by atoms with Gasteiger partial charge in [0.15, 0.2) is 0 Å². The molecule has 0 radical (unpaired) electrons. The van der Waals surface area contributed by atoms with Gasteiger partial charge < -0.3 is 9.47 Å². The Labute approximate surface area is 123 Å². The summed E-state index contributed by atoms with van der Waals surface area (Å²) in [6.45, 7) is 2.56. The SMILES string of the molecule is CC1C(=O)N(C)CCC1c1nc2ccccc2n(C)c1=O. The molecule has 21 heavy (non-hydrogen) atoms. The number of para-hydroxylation sites is 2.